The maximum atomic E-state index is 13.1. The lowest BCUT2D eigenvalue weighted by Gasteiger charge is -2.28. The molecule has 1 unspecified atom stereocenters. The van der Waals surface area contributed by atoms with Gasteiger partial charge in [0.05, 0.1) is 45.1 Å². The number of morpholine rings is 1. The molecule has 2 fully saturated rings. The third-order valence-electron chi connectivity index (χ3n) is 6.12. The fourth-order valence-corrected chi connectivity index (χ4v) is 4.37. The zero-order valence-electron chi connectivity index (χ0n) is 18.6. The number of carbonyl (C=O) groups is 2. The van der Waals surface area contributed by atoms with E-state index in [0.717, 1.165) is 17.7 Å². The number of likely N-dealkylation sites (tertiary alicyclic amines) is 1. The Morgan fingerprint density at radius 2 is 1.91 bits per heavy atom. The van der Waals surface area contributed by atoms with Gasteiger partial charge in [-0.3, -0.25) is 14.6 Å². The van der Waals surface area contributed by atoms with Gasteiger partial charge in [0.2, 0.25) is 5.91 Å². The first-order valence-corrected chi connectivity index (χ1v) is 10.9. The molecule has 1 atom stereocenters. The van der Waals surface area contributed by atoms with Gasteiger partial charge in [0.1, 0.15) is 11.5 Å². The highest BCUT2D eigenvalue weighted by Gasteiger charge is 2.32. The van der Waals surface area contributed by atoms with Crippen molar-refractivity contribution in [2.24, 2.45) is 0 Å². The van der Waals surface area contributed by atoms with Crippen LogP contribution in [-0.4, -0.2) is 80.2 Å². The van der Waals surface area contributed by atoms with Gasteiger partial charge < -0.3 is 24.0 Å². The van der Waals surface area contributed by atoms with Crippen molar-refractivity contribution in [1.82, 2.24) is 14.8 Å². The number of benzene rings is 1. The molecule has 0 radical (unpaired) electrons. The first-order chi connectivity index (χ1) is 15.6. The van der Waals surface area contributed by atoms with Crippen molar-refractivity contribution in [3.63, 3.8) is 0 Å². The van der Waals surface area contributed by atoms with Gasteiger partial charge in [-0.2, -0.15) is 0 Å². The summed E-state index contributed by atoms with van der Waals surface area (Å²) in [5.74, 6) is 1.40. The Morgan fingerprint density at radius 3 is 2.66 bits per heavy atom. The second-order valence-corrected chi connectivity index (χ2v) is 8.02. The molecule has 2 saturated heterocycles. The normalized spacial score (nSPS) is 18.5. The van der Waals surface area contributed by atoms with Crippen LogP contribution in [0.4, 0.5) is 0 Å². The number of amides is 2. The minimum Gasteiger partial charge on any atom is -0.497 e. The molecule has 32 heavy (non-hydrogen) atoms. The minimum atomic E-state index is -0.0118. The van der Waals surface area contributed by atoms with Crippen molar-refractivity contribution >= 4 is 11.8 Å². The number of aromatic nitrogens is 1. The Bertz CT molecular complexity index is 974. The minimum absolute atomic E-state index is 0.0118. The molecule has 4 rings (SSSR count). The third-order valence-corrected chi connectivity index (χ3v) is 6.12. The average molecular weight is 440 g/mol. The molecule has 2 aliphatic heterocycles. The predicted octanol–water partition coefficient (Wildman–Crippen LogP) is 2.13. The summed E-state index contributed by atoms with van der Waals surface area (Å²) in [4.78, 5) is 34.4. The van der Waals surface area contributed by atoms with E-state index in [1.165, 1.54) is 0 Å². The Hall–Kier alpha value is -3.13. The second-order valence-electron chi connectivity index (χ2n) is 8.02. The van der Waals surface area contributed by atoms with Crippen molar-refractivity contribution in [2.75, 3.05) is 53.6 Å². The Morgan fingerprint density at radius 1 is 1.09 bits per heavy atom. The van der Waals surface area contributed by atoms with E-state index < -0.39 is 0 Å². The number of methoxy groups -OCH3 is 2. The van der Waals surface area contributed by atoms with Crippen molar-refractivity contribution in [3.8, 4) is 11.5 Å². The Labute approximate surface area is 188 Å². The molecule has 2 amide bonds. The standard InChI is InChI=1S/C24H29N3O5/c1-30-19-5-6-21(31-2)18(14-19)15-22(28)27-9-7-17(16-27)23-20(4-3-8-25-23)24(29)26-10-12-32-13-11-26/h3-6,8,14,17H,7,9-13,15-16H2,1-2H3. The van der Waals surface area contributed by atoms with Crippen LogP contribution in [0.2, 0.25) is 0 Å². The van der Waals surface area contributed by atoms with E-state index in [2.05, 4.69) is 4.98 Å². The van der Waals surface area contributed by atoms with Gasteiger partial charge in [-0.15, -0.1) is 0 Å². The maximum Gasteiger partial charge on any atom is 0.255 e. The van der Waals surface area contributed by atoms with Crippen LogP contribution in [0.25, 0.3) is 0 Å². The molecule has 1 aromatic heterocycles. The van der Waals surface area contributed by atoms with Gasteiger partial charge in [0.15, 0.2) is 0 Å². The van der Waals surface area contributed by atoms with Crippen LogP contribution in [0.15, 0.2) is 36.5 Å². The van der Waals surface area contributed by atoms with Gasteiger partial charge in [-0.25, -0.2) is 0 Å². The highest BCUT2D eigenvalue weighted by molar-refractivity contribution is 5.95. The average Bonchev–Trinajstić information content (AvgIpc) is 3.34. The van der Waals surface area contributed by atoms with E-state index >= 15 is 0 Å². The zero-order chi connectivity index (χ0) is 22.5. The molecule has 170 valence electrons. The molecule has 8 heteroatoms. The SMILES string of the molecule is COc1ccc(OC)c(CC(=O)N2CCC(c3ncccc3C(=O)N3CCOCC3)C2)c1. The monoisotopic (exact) mass is 439 g/mol. The summed E-state index contributed by atoms with van der Waals surface area (Å²) in [5, 5.41) is 0. The fraction of sp³-hybridized carbons (Fsp3) is 0.458. The van der Waals surface area contributed by atoms with E-state index in [1.54, 1.807) is 26.5 Å². The molecule has 0 aliphatic carbocycles. The second kappa shape index (κ2) is 9.99. The molecule has 2 aliphatic rings. The van der Waals surface area contributed by atoms with E-state index in [9.17, 15) is 9.59 Å². The van der Waals surface area contributed by atoms with Gasteiger partial charge in [0, 0.05) is 43.9 Å². The summed E-state index contributed by atoms with van der Waals surface area (Å²) < 4.78 is 16.1. The topological polar surface area (TPSA) is 81.2 Å². The van der Waals surface area contributed by atoms with Gasteiger partial charge in [-0.1, -0.05) is 0 Å². The summed E-state index contributed by atoms with van der Waals surface area (Å²) in [6, 6.07) is 9.09. The lowest BCUT2D eigenvalue weighted by atomic mass is 9.98. The molecule has 0 spiro atoms. The lowest BCUT2D eigenvalue weighted by molar-refractivity contribution is -0.129. The molecule has 2 aromatic rings. The van der Waals surface area contributed by atoms with Crippen LogP contribution < -0.4 is 9.47 Å². The Kier molecular flexibility index (Phi) is 6.90. The van der Waals surface area contributed by atoms with Crippen LogP contribution in [0.5, 0.6) is 11.5 Å². The van der Waals surface area contributed by atoms with Crippen molar-refractivity contribution in [1.29, 1.82) is 0 Å². The van der Waals surface area contributed by atoms with Crippen LogP contribution in [-0.2, 0) is 16.0 Å². The first kappa shape index (κ1) is 22.1. The maximum absolute atomic E-state index is 13.1. The quantitative estimate of drug-likeness (QED) is 0.686. The van der Waals surface area contributed by atoms with Gasteiger partial charge in [0.25, 0.3) is 5.91 Å². The van der Waals surface area contributed by atoms with Crippen LogP contribution in [0.3, 0.4) is 0 Å². The Balaban J connectivity index is 1.46. The smallest absolute Gasteiger partial charge is 0.255 e. The number of rotatable bonds is 6. The predicted molar refractivity (Wildman–Crippen MR) is 118 cm³/mol. The van der Waals surface area contributed by atoms with E-state index in [1.807, 2.05) is 34.1 Å². The third kappa shape index (κ3) is 4.70. The van der Waals surface area contributed by atoms with Crippen molar-refractivity contribution in [2.45, 2.75) is 18.8 Å². The molecule has 0 N–H and O–H groups in total. The summed E-state index contributed by atoms with van der Waals surface area (Å²) in [6.45, 7) is 3.47. The number of pyridine rings is 1. The van der Waals surface area contributed by atoms with E-state index in [0.29, 0.717) is 56.5 Å². The first-order valence-electron chi connectivity index (χ1n) is 10.9. The highest BCUT2D eigenvalue weighted by atomic mass is 16.5. The molecule has 0 saturated carbocycles. The van der Waals surface area contributed by atoms with Crippen LogP contribution in [0.1, 0.15) is 34.0 Å². The van der Waals surface area contributed by atoms with Gasteiger partial charge in [-0.05, 0) is 36.8 Å². The van der Waals surface area contributed by atoms with E-state index in [-0.39, 0.29) is 24.2 Å². The molecule has 0 bridgehead atoms. The number of ether oxygens (including phenoxy) is 3. The number of hydrogen-bond acceptors (Lipinski definition) is 6. The summed E-state index contributed by atoms with van der Waals surface area (Å²) in [6.07, 6.45) is 2.73. The summed E-state index contributed by atoms with van der Waals surface area (Å²) in [5.41, 5.74) is 2.20. The van der Waals surface area contributed by atoms with Crippen molar-refractivity contribution in [3.05, 3.63) is 53.3 Å². The van der Waals surface area contributed by atoms with Crippen LogP contribution in [0, 0.1) is 0 Å². The highest BCUT2D eigenvalue weighted by Crippen LogP contribution is 2.30. The molecular formula is C24H29N3O5. The van der Waals surface area contributed by atoms with Gasteiger partial charge >= 0.3 is 0 Å². The molecule has 3 heterocycles. The van der Waals surface area contributed by atoms with Crippen LogP contribution >= 0.6 is 0 Å². The summed E-state index contributed by atoms with van der Waals surface area (Å²) >= 11 is 0. The number of carbonyl (C=O) groups excluding carboxylic acids is 2. The number of nitrogens with zero attached hydrogens (tertiary/aromatic N) is 3. The summed E-state index contributed by atoms with van der Waals surface area (Å²) in [7, 11) is 3.19. The molecular weight excluding hydrogens is 410 g/mol. The molecule has 1 aromatic carbocycles. The fourth-order valence-electron chi connectivity index (χ4n) is 4.37. The largest absolute Gasteiger partial charge is 0.497 e. The molecule has 8 nitrogen and oxygen atoms in total. The zero-order valence-corrected chi connectivity index (χ0v) is 18.6. The number of hydrogen-bond donors (Lipinski definition) is 0. The lowest BCUT2D eigenvalue weighted by Crippen LogP contribution is -2.41. The van der Waals surface area contributed by atoms with E-state index in [4.69, 9.17) is 14.2 Å². The van der Waals surface area contributed by atoms with Crippen molar-refractivity contribution < 1.29 is 23.8 Å².